The van der Waals surface area contributed by atoms with Crippen molar-refractivity contribution in [3.63, 3.8) is 0 Å². The molecule has 3 heteroatoms. The van der Waals surface area contributed by atoms with E-state index in [-0.39, 0.29) is 0 Å². The van der Waals surface area contributed by atoms with Gasteiger partial charge in [-0.2, -0.15) is 15.0 Å². The van der Waals surface area contributed by atoms with Gasteiger partial charge < -0.3 is 0 Å². The van der Waals surface area contributed by atoms with Crippen molar-refractivity contribution >= 4 is 5.57 Å². The van der Waals surface area contributed by atoms with Crippen molar-refractivity contribution in [1.29, 1.82) is 0 Å². The minimum atomic E-state index is 0.688. The maximum Gasteiger partial charge on any atom is 0.108 e. The molecular formula is C11H15N3. The van der Waals surface area contributed by atoms with Crippen LogP contribution in [0.25, 0.3) is 5.57 Å². The molecule has 0 saturated carbocycles. The molecule has 74 valence electrons. The zero-order valence-corrected chi connectivity index (χ0v) is 8.32. The first kappa shape index (κ1) is 9.19. The third kappa shape index (κ3) is 1.92. The van der Waals surface area contributed by atoms with Crippen molar-refractivity contribution in [2.24, 2.45) is 0 Å². The van der Waals surface area contributed by atoms with Crippen LogP contribution < -0.4 is 0 Å². The number of hydrogen-bond acceptors (Lipinski definition) is 2. The lowest BCUT2D eigenvalue weighted by molar-refractivity contribution is 0.600. The molecule has 0 radical (unpaired) electrons. The van der Waals surface area contributed by atoms with Crippen LogP contribution in [0.4, 0.5) is 0 Å². The molecular weight excluding hydrogens is 174 g/mol. The van der Waals surface area contributed by atoms with Crippen LogP contribution in [-0.4, -0.2) is 15.0 Å². The van der Waals surface area contributed by atoms with E-state index >= 15 is 0 Å². The second-order valence-corrected chi connectivity index (χ2v) is 3.55. The Kier molecular flexibility index (Phi) is 2.77. The van der Waals surface area contributed by atoms with Gasteiger partial charge in [0, 0.05) is 0 Å². The molecule has 0 amide bonds. The van der Waals surface area contributed by atoms with Crippen LogP contribution in [0.2, 0.25) is 0 Å². The number of aromatic nitrogens is 3. The van der Waals surface area contributed by atoms with Gasteiger partial charge in [-0.15, -0.1) is 6.58 Å². The molecule has 0 N–H and O–H groups in total. The van der Waals surface area contributed by atoms with Gasteiger partial charge in [-0.25, -0.2) is 0 Å². The van der Waals surface area contributed by atoms with Gasteiger partial charge in [-0.05, 0) is 31.3 Å². The maximum absolute atomic E-state index is 4.39. The SMILES string of the molecule is C=CCn1ncc(C2=CCCCC2)n1. The van der Waals surface area contributed by atoms with E-state index in [1.165, 1.54) is 24.8 Å². The van der Waals surface area contributed by atoms with Crippen LogP contribution in [0.3, 0.4) is 0 Å². The highest BCUT2D eigenvalue weighted by Crippen LogP contribution is 2.24. The smallest absolute Gasteiger partial charge is 0.108 e. The minimum Gasteiger partial charge on any atom is -0.180 e. The van der Waals surface area contributed by atoms with Crippen LogP contribution in [0, 0.1) is 0 Å². The Morgan fingerprint density at radius 2 is 2.43 bits per heavy atom. The quantitative estimate of drug-likeness (QED) is 0.684. The average Bonchev–Trinajstić information content (AvgIpc) is 2.68. The van der Waals surface area contributed by atoms with Gasteiger partial charge in [0.05, 0.1) is 12.7 Å². The summed E-state index contributed by atoms with van der Waals surface area (Å²) in [4.78, 5) is 1.68. The highest BCUT2D eigenvalue weighted by Gasteiger charge is 2.09. The number of hydrogen-bond donors (Lipinski definition) is 0. The van der Waals surface area contributed by atoms with Gasteiger partial charge in [0.25, 0.3) is 0 Å². The molecule has 1 aromatic heterocycles. The van der Waals surface area contributed by atoms with E-state index in [0.717, 1.165) is 12.1 Å². The summed E-state index contributed by atoms with van der Waals surface area (Å²) in [7, 11) is 0. The Labute approximate surface area is 84.1 Å². The van der Waals surface area contributed by atoms with Crippen molar-refractivity contribution in [3.8, 4) is 0 Å². The van der Waals surface area contributed by atoms with Crippen LogP contribution in [0.15, 0.2) is 24.9 Å². The Morgan fingerprint density at radius 3 is 3.14 bits per heavy atom. The number of allylic oxidation sites excluding steroid dienone is 3. The molecule has 0 fully saturated rings. The topological polar surface area (TPSA) is 30.7 Å². The first-order valence-electron chi connectivity index (χ1n) is 5.10. The Balaban J connectivity index is 2.15. The average molecular weight is 189 g/mol. The molecule has 1 aliphatic carbocycles. The van der Waals surface area contributed by atoms with E-state index in [2.05, 4.69) is 22.9 Å². The van der Waals surface area contributed by atoms with Crippen molar-refractivity contribution < 1.29 is 0 Å². The van der Waals surface area contributed by atoms with Crippen LogP contribution in [0.5, 0.6) is 0 Å². The lowest BCUT2D eigenvalue weighted by atomic mass is 9.98. The fourth-order valence-corrected chi connectivity index (χ4v) is 1.72. The third-order valence-corrected chi connectivity index (χ3v) is 2.45. The van der Waals surface area contributed by atoms with Crippen LogP contribution >= 0.6 is 0 Å². The minimum absolute atomic E-state index is 0.688. The van der Waals surface area contributed by atoms with Crippen LogP contribution in [0.1, 0.15) is 31.4 Å². The molecule has 3 nitrogen and oxygen atoms in total. The van der Waals surface area contributed by atoms with Gasteiger partial charge >= 0.3 is 0 Å². The normalized spacial score (nSPS) is 16.4. The van der Waals surface area contributed by atoms with Gasteiger partial charge in [0.1, 0.15) is 5.69 Å². The lowest BCUT2D eigenvalue weighted by Crippen LogP contribution is -2.00. The van der Waals surface area contributed by atoms with E-state index in [1.807, 2.05) is 6.20 Å². The molecule has 2 rings (SSSR count). The lowest BCUT2D eigenvalue weighted by Gasteiger charge is -2.08. The molecule has 0 aliphatic heterocycles. The molecule has 0 aromatic carbocycles. The summed E-state index contributed by atoms with van der Waals surface area (Å²) in [5, 5.41) is 8.56. The third-order valence-electron chi connectivity index (χ3n) is 2.45. The fraction of sp³-hybridized carbons (Fsp3) is 0.455. The van der Waals surface area contributed by atoms with Crippen molar-refractivity contribution in [3.05, 3.63) is 30.6 Å². The predicted octanol–water partition coefficient (Wildman–Crippen LogP) is 2.42. The van der Waals surface area contributed by atoms with Crippen LogP contribution in [-0.2, 0) is 6.54 Å². The summed E-state index contributed by atoms with van der Waals surface area (Å²) in [6, 6.07) is 0. The zero-order chi connectivity index (χ0) is 9.80. The van der Waals surface area contributed by atoms with E-state index in [9.17, 15) is 0 Å². The molecule has 14 heavy (non-hydrogen) atoms. The van der Waals surface area contributed by atoms with E-state index in [4.69, 9.17) is 0 Å². The van der Waals surface area contributed by atoms with Gasteiger partial charge in [-0.1, -0.05) is 12.2 Å². The van der Waals surface area contributed by atoms with Crippen molar-refractivity contribution in [2.75, 3.05) is 0 Å². The van der Waals surface area contributed by atoms with Crippen molar-refractivity contribution in [2.45, 2.75) is 32.2 Å². The summed E-state index contributed by atoms with van der Waals surface area (Å²) in [6.45, 7) is 4.35. The maximum atomic E-state index is 4.39. The van der Waals surface area contributed by atoms with E-state index in [0.29, 0.717) is 6.54 Å². The highest BCUT2D eigenvalue weighted by atomic mass is 15.5. The summed E-state index contributed by atoms with van der Waals surface area (Å²) in [5.74, 6) is 0. The Bertz CT molecular complexity index is 349. The zero-order valence-electron chi connectivity index (χ0n) is 8.32. The highest BCUT2D eigenvalue weighted by molar-refractivity contribution is 5.62. The summed E-state index contributed by atoms with van der Waals surface area (Å²) in [5.41, 5.74) is 2.39. The summed E-state index contributed by atoms with van der Waals surface area (Å²) >= 11 is 0. The number of rotatable bonds is 3. The molecule has 0 bridgehead atoms. The summed E-state index contributed by atoms with van der Waals surface area (Å²) < 4.78 is 0. The molecule has 0 saturated heterocycles. The Hall–Kier alpha value is -1.38. The fourth-order valence-electron chi connectivity index (χ4n) is 1.72. The van der Waals surface area contributed by atoms with E-state index < -0.39 is 0 Å². The van der Waals surface area contributed by atoms with Gasteiger partial charge in [0.2, 0.25) is 0 Å². The first-order valence-corrected chi connectivity index (χ1v) is 5.10. The Morgan fingerprint density at radius 1 is 1.50 bits per heavy atom. The van der Waals surface area contributed by atoms with E-state index in [1.54, 1.807) is 10.9 Å². The van der Waals surface area contributed by atoms with Gasteiger partial charge in [0.15, 0.2) is 0 Å². The second kappa shape index (κ2) is 4.22. The second-order valence-electron chi connectivity index (χ2n) is 3.55. The van der Waals surface area contributed by atoms with Crippen molar-refractivity contribution in [1.82, 2.24) is 15.0 Å². The summed E-state index contributed by atoms with van der Waals surface area (Å²) in [6.07, 6.45) is 10.9. The first-order chi connectivity index (χ1) is 6.90. The molecule has 1 aromatic rings. The molecule has 1 heterocycles. The molecule has 0 unspecified atom stereocenters. The molecule has 1 aliphatic rings. The molecule has 0 atom stereocenters. The standard InChI is InChI=1S/C11H15N3/c1-2-8-14-12-9-11(13-14)10-6-4-3-5-7-10/h2,6,9H,1,3-5,7-8H2. The predicted molar refractivity (Wildman–Crippen MR) is 56.7 cm³/mol. The molecule has 0 spiro atoms. The monoisotopic (exact) mass is 189 g/mol. The largest absolute Gasteiger partial charge is 0.180 e. The number of nitrogens with zero attached hydrogens (tertiary/aromatic N) is 3. The van der Waals surface area contributed by atoms with Gasteiger partial charge in [-0.3, -0.25) is 0 Å².